The van der Waals surface area contributed by atoms with Gasteiger partial charge in [0.15, 0.2) is 0 Å². The van der Waals surface area contributed by atoms with Gasteiger partial charge in [-0.25, -0.2) is 0 Å². The molecule has 1 amide bonds. The normalized spacial score (nSPS) is 11.2. The lowest BCUT2D eigenvalue weighted by Crippen LogP contribution is -2.29. The van der Waals surface area contributed by atoms with Gasteiger partial charge in [0.05, 0.1) is 6.61 Å². The third-order valence-corrected chi connectivity index (χ3v) is 1.65. The van der Waals surface area contributed by atoms with Crippen LogP contribution >= 0.6 is 0 Å². The monoisotopic (exact) mass is 219 g/mol. The number of hydrogen-bond donors (Lipinski definition) is 2. The minimum absolute atomic E-state index is 0.0366. The number of aliphatic hydroxyl groups excluding tert-OH is 1. The first kappa shape index (κ1) is 11.5. The Kier molecular flexibility index (Phi) is 3.31. The molecular formula is C9H8F3NO2. The zero-order chi connectivity index (χ0) is 11.5. The molecule has 0 aromatic heterocycles. The van der Waals surface area contributed by atoms with Gasteiger partial charge in [-0.05, 0) is 17.7 Å². The molecule has 3 nitrogen and oxygen atoms in total. The van der Waals surface area contributed by atoms with Gasteiger partial charge in [0.2, 0.25) is 0 Å². The van der Waals surface area contributed by atoms with Crippen LogP contribution in [0.2, 0.25) is 0 Å². The van der Waals surface area contributed by atoms with Crippen LogP contribution < -0.4 is 5.32 Å². The summed E-state index contributed by atoms with van der Waals surface area (Å²) in [5, 5.41) is 10.4. The lowest BCUT2D eigenvalue weighted by atomic mass is 10.2. The van der Waals surface area contributed by atoms with E-state index in [9.17, 15) is 18.0 Å². The fourth-order valence-electron chi connectivity index (χ4n) is 0.895. The van der Waals surface area contributed by atoms with Crippen molar-refractivity contribution in [3.63, 3.8) is 0 Å². The second-order valence-corrected chi connectivity index (χ2v) is 2.81. The molecule has 0 spiro atoms. The van der Waals surface area contributed by atoms with Gasteiger partial charge < -0.3 is 10.4 Å². The second kappa shape index (κ2) is 4.31. The molecule has 82 valence electrons. The van der Waals surface area contributed by atoms with Gasteiger partial charge in [0, 0.05) is 5.69 Å². The molecule has 1 aromatic carbocycles. The van der Waals surface area contributed by atoms with Crippen LogP contribution in [-0.2, 0) is 11.4 Å². The van der Waals surface area contributed by atoms with E-state index in [-0.39, 0.29) is 12.3 Å². The number of carbonyl (C=O) groups excluding carboxylic acids is 1. The summed E-state index contributed by atoms with van der Waals surface area (Å²) in [7, 11) is 0. The van der Waals surface area contributed by atoms with Crippen molar-refractivity contribution in [2.45, 2.75) is 12.8 Å². The van der Waals surface area contributed by atoms with Crippen LogP contribution in [0.1, 0.15) is 5.56 Å². The first-order valence-corrected chi connectivity index (χ1v) is 4.01. The van der Waals surface area contributed by atoms with Crippen molar-refractivity contribution >= 4 is 11.6 Å². The molecule has 0 aliphatic carbocycles. The highest BCUT2D eigenvalue weighted by molar-refractivity contribution is 5.94. The Balaban J connectivity index is 2.70. The summed E-state index contributed by atoms with van der Waals surface area (Å²) in [6, 6.07) is 5.42. The van der Waals surface area contributed by atoms with Crippen molar-refractivity contribution in [1.29, 1.82) is 0 Å². The van der Waals surface area contributed by atoms with Gasteiger partial charge in [-0.2, -0.15) is 13.2 Å². The lowest BCUT2D eigenvalue weighted by molar-refractivity contribution is -0.167. The molecule has 0 saturated heterocycles. The molecule has 2 N–H and O–H groups in total. The van der Waals surface area contributed by atoms with E-state index >= 15 is 0 Å². The van der Waals surface area contributed by atoms with Gasteiger partial charge in [0.1, 0.15) is 0 Å². The molecule has 15 heavy (non-hydrogen) atoms. The largest absolute Gasteiger partial charge is 0.471 e. The average Bonchev–Trinajstić information content (AvgIpc) is 2.17. The van der Waals surface area contributed by atoms with Crippen LogP contribution in [0, 0.1) is 0 Å². The zero-order valence-electron chi connectivity index (χ0n) is 7.51. The number of rotatable bonds is 2. The summed E-state index contributed by atoms with van der Waals surface area (Å²) in [6.07, 6.45) is -4.89. The summed E-state index contributed by atoms with van der Waals surface area (Å²) in [6.45, 7) is -0.201. The van der Waals surface area contributed by atoms with E-state index in [1.54, 1.807) is 5.32 Å². The maximum Gasteiger partial charge on any atom is 0.471 e. The number of halogens is 3. The molecule has 0 fully saturated rings. The third-order valence-electron chi connectivity index (χ3n) is 1.65. The van der Waals surface area contributed by atoms with E-state index in [0.717, 1.165) is 0 Å². The van der Waals surface area contributed by atoms with E-state index in [2.05, 4.69) is 0 Å². The number of benzene rings is 1. The van der Waals surface area contributed by atoms with Crippen LogP contribution in [0.3, 0.4) is 0 Å². The van der Waals surface area contributed by atoms with Crippen LogP contribution in [0.15, 0.2) is 24.3 Å². The Morgan fingerprint density at radius 3 is 2.20 bits per heavy atom. The molecule has 1 aromatic rings. The fourth-order valence-corrected chi connectivity index (χ4v) is 0.895. The molecule has 0 bridgehead atoms. The van der Waals surface area contributed by atoms with Gasteiger partial charge in [0.25, 0.3) is 0 Å². The van der Waals surface area contributed by atoms with E-state index in [4.69, 9.17) is 5.11 Å². The van der Waals surface area contributed by atoms with Crippen molar-refractivity contribution in [1.82, 2.24) is 0 Å². The quantitative estimate of drug-likeness (QED) is 0.795. The first-order valence-electron chi connectivity index (χ1n) is 4.01. The van der Waals surface area contributed by atoms with Gasteiger partial charge >= 0.3 is 12.1 Å². The smallest absolute Gasteiger partial charge is 0.392 e. The molecule has 1 rings (SSSR count). The molecule has 0 radical (unpaired) electrons. The molecular weight excluding hydrogens is 211 g/mol. The summed E-state index contributed by atoms with van der Waals surface area (Å²) < 4.78 is 35.5. The van der Waals surface area contributed by atoms with Crippen molar-refractivity contribution in [3.05, 3.63) is 29.8 Å². The Hall–Kier alpha value is -1.56. The Labute approximate surface area is 83.5 Å². The van der Waals surface area contributed by atoms with Gasteiger partial charge in [-0.1, -0.05) is 12.1 Å². The van der Waals surface area contributed by atoms with Crippen LogP contribution in [0.4, 0.5) is 18.9 Å². The maximum atomic E-state index is 11.8. The van der Waals surface area contributed by atoms with Crippen molar-refractivity contribution in [2.75, 3.05) is 5.32 Å². The Morgan fingerprint density at radius 2 is 1.80 bits per heavy atom. The number of carbonyl (C=O) groups is 1. The number of nitrogens with one attached hydrogen (secondary N) is 1. The molecule has 0 unspecified atom stereocenters. The number of alkyl halides is 3. The average molecular weight is 219 g/mol. The number of anilines is 1. The second-order valence-electron chi connectivity index (χ2n) is 2.81. The number of aliphatic hydroxyl groups is 1. The molecule has 0 saturated carbocycles. The lowest BCUT2D eigenvalue weighted by Gasteiger charge is -2.07. The third kappa shape index (κ3) is 3.25. The topological polar surface area (TPSA) is 49.3 Å². The van der Waals surface area contributed by atoms with Gasteiger partial charge in [-0.15, -0.1) is 0 Å². The molecule has 6 heteroatoms. The van der Waals surface area contributed by atoms with Crippen LogP contribution in [-0.4, -0.2) is 17.2 Å². The maximum absolute atomic E-state index is 11.8. The van der Waals surface area contributed by atoms with E-state index in [1.807, 2.05) is 0 Å². The van der Waals surface area contributed by atoms with E-state index in [0.29, 0.717) is 5.56 Å². The zero-order valence-corrected chi connectivity index (χ0v) is 7.51. The predicted octanol–water partition coefficient (Wildman–Crippen LogP) is 1.68. The Morgan fingerprint density at radius 1 is 1.27 bits per heavy atom. The van der Waals surface area contributed by atoms with Crippen LogP contribution in [0.25, 0.3) is 0 Å². The summed E-state index contributed by atoms with van der Waals surface area (Å²) in [5.41, 5.74) is 0.592. The summed E-state index contributed by atoms with van der Waals surface area (Å²) in [4.78, 5) is 10.5. The highest BCUT2D eigenvalue weighted by Gasteiger charge is 2.38. The fraction of sp³-hybridized carbons (Fsp3) is 0.222. The first-order chi connectivity index (χ1) is 6.93. The van der Waals surface area contributed by atoms with Crippen molar-refractivity contribution in [2.24, 2.45) is 0 Å². The SMILES string of the molecule is O=C(Nc1ccc(CO)cc1)C(F)(F)F. The number of amides is 1. The summed E-state index contributed by atoms with van der Waals surface area (Å²) in [5.74, 6) is -2.01. The highest BCUT2D eigenvalue weighted by Crippen LogP contribution is 2.18. The van der Waals surface area contributed by atoms with Crippen molar-refractivity contribution < 1.29 is 23.1 Å². The number of hydrogen-bond acceptors (Lipinski definition) is 2. The van der Waals surface area contributed by atoms with Crippen molar-refractivity contribution in [3.8, 4) is 0 Å². The minimum atomic E-state index is -4.89. The molecule has 0 aliphatic rings. The van der Waals surface area contributed by atoms with E-state index in [1.165, 1.54) is 24.3 Å². The predicted molar refractivity (Wildman–Crippen MR) is 47.0 cm³/mol. The molecule has 0 aliphatic heterocycles. The molecule has 0 heterocycles. The molecule has 0 atom stereocenters. The summed E-state index contributed by atoms with van der Waals surface area (Å²) >= 11 is 0. The standard InChI is InChI=1S/C9H8F3NO2/c10-9(11,12)8(15)13-7-3-1-6(5-14)2-4-7/h1-4,14H,5H2,(H,13,15). The highest BCUT2D eigenvalue weighted by atomic mass is 19.4. The van der Waals surface area contributed by atoms with Gasteiger partial charge in [-0.3, -0.25) is 4.79 Å². The van der Waals surface area contributed by atoms with Crippen LogP contribution in [0.5, 0.6) is 0 Å². The van der Waals surface area contributed by atoms with E-state index < -0.39 is 12.1 Å². The minimum Gasteiger partial charge on any atom is -0.392 e. The Bertz CT molecular complexity index is 345.